The van der Waals surface area contributed by atoms with E-state index in [2.05, 4.69) is 0 Å². The van der Waals surface area contributed by atoms with E-state index in [9.17, 15) is 9.59 Å². The van der Waals surface area contributed by atoms with Gasteiger partial charge in [0, 0.05) is 30.8 Å². The molecule has 4 nitrogen and oxygen atoms in total. The molecule has 1 aliphatic rings. The second-order valence-electron chi connectivity index (χ2n) is 5.06. The number of anilines is 1. The molecule has 1 aliphatic heterocycles. The molecule has 0 saturated carbocycles. The summed E-state index contributed by atoms with van der Waals surface area (Å²) in [5, 5.41) is 0. The minimum atomic E-state index is -0.478. The molecule has 2 amide bonds. The van der Waals surface area contributed by atoms with Crippen LogP contribution >= 0.6 is 0 Å². The number of fused-ring (bicyclic) bond motifs is 1. The van der Waals surface area contributed by atoms with Gasteiger partial charge in [0.25, 0.3) is 5.91 Å². The molecule has 1 heterocycles. The summed E-state index contributed by atoms with van der Waals surface area (Å²) in [7, 11) is 0. The van der Waals surface area contributed by atoms with Gasteiger partial charge < -0.3 is 9.80 Å². The first-order valence-corrected chi connectivity index (χ1v) is 6.68. The Labute approximate surface area is 114 Å². The lowest BCUT2D eigenvalue weighted by molar-refractivity contribution is -0.139. The van der Waals surface area contributed by atoms with E-state index in [1.54, 1.807) is 9.80 Å². The van der Waals surface area contributed by atoms with E-state index in [1.807, 2.05) is 45.0 Å². The first kappa shape index (κ1) is 13.6. The highest BCUT2D eigenvalue weighted by Crippen LogP contribution is 2.39. The molecule has 0 aromatic heterocycles. The van der Waals surface area contributed by atoms with E-state index in [0.29, 0.717) is 6.54 Å². The molecule has 1 aromatic carbocycles. The number of amides is 2. The molecule has 0 aliphatic carbocycles. The quantitative estimate of drug-likeness (QED) is 0.837. The molecule has 0 fully saturated rings. The highest BCUT2D eigenvalue weighted by atomic mass is 16.2. The maximum atomic E-state index is 12.6. The van der Waals surface area contributed by atoms with E-state index >= 15 is 0 Å². The monoisotopic (exact) mass is 260 g/mol. The average Bonchev–Trinajstić information content (AvgIpc) is 2.62. The molecule has 0 spiro atoms. The minimum Gasteiger partial charge on any atom is -0.324 e. The van der Waals surface area contributed by atoms with Crippen LogP contribution in [-0.4, -0.2) is 29.3 Å². The zero-order valence-corrected chi connectivity index (χ0v) is 11.9. The van der Waals surface area contributed by atoms with Crippen molar-refractivity contribution >= 4 is 17.5 Å². The van der Waals surface area contributed by atoms with Crippen molar-refractivity contribution in [2.45, 2.75) is 39.8 Å². The highest BCUT2D eigenvalue weighted by Gasteiger charge is 2.41. The Morgan fingerprint density at radius 1 is 1.37 bits per heavy atom. The van der Waals surface area contributed by atoms with Crippen LogP contribution in [-0.2, 0) is 9.59 Å². The Kier molecular flexibility index (Phi) is 3.60. The third kappa shape index (κ3) is 2.11. The molecule has 0 radical (unpaired) electrons. The van der Waals surface area contributed by atoms with E-state index in [0.717, 1.165) is 11.3 Å². The lowest BCUT2D eigenvalue weighted by Gasteiger charge is -2.31. The van der Waals surface area contributed by atoms with Crippen molar-refractivity contribution < 1.29 is 9.59 Å². The SMILES string of the molecule is CCN1C(=O)C(N(C(C)=O)C(C)C)c2ccccc21. The number of benzene rings is 1. The zero-order valence-electron chi connectivity index (χ0n) is 11.9. The van der Waals surface area contributed by atoms with Crippen LogP contribution in [0.3, 0.4) is 0 Å². The molecule has 19 heavy (non-hydrogen) atoms. The van der Waals surface area contributed by atoms with E-state index < -0.39 is 6.04 Å². The predicted octanol–water partition coefficient (Wildman–Crippen LogP) is 2.35. The van der Waals surface area contributed by atoms with Crippen LogP contribution in [0.5, 0.6) is 0 Å². The smallest absolute Gasteiger partial charge is 0.254 e. The second-order valence-corrected chi connectivity index (χ2v) is 5.06. The molecular formula is C15H20N2O2. The highest BCUT2D eigenvalue weighted by molar-refractivity contribution is 6.06. The number of rotatable bonds is 3. The molecule has 0 saturated heterocycles. The lowest BCUT2D eigenvalue weighted by Crippen LogP contribution is -2.43. The van der Waals surface area contributed by atoms with Crippen LogP contribution in [0.15, 0.2) is 24.3 Å². The fraction of sp³-hybridized carbons (Fsp3) is 0.467. The molecule has 1 atom stereocenters. The van der Waals surface area contributed by atoms with E-state index in [4.69, 9.17) is 0 Å². The topological polar surface area (TPSA) is 40.6 Å². The Hall–Kier alpha value is -1.84. The Bertz CT molecular complexity index is 511. The van der Waals surface area contributed by atoms with Crippen molar-refractivity contribution in [3.05, 3.63) is 29.8 Å². The molecule has 0 N–H and O–H groups in total. The largest absolute Gasteiger partial charge is 0.324 e. The van der Waals surface area contributed by atoms with Gasteiger partial charge in [-0.25, -0.2) is 0 Å². The van der Waals surface area contributed by atoms with Gasteiger partial charge in [0.2, 0.25) is 5.91 Å². The summed E-state index contributed by atoms with van der Waals surface area (Å²) in [5.74, 6) is -0.0753. The van der Waals surface area contributed by atoms with Gasteiger partial charge in [0.05, 0.1) is 0 Å². The Morgan fingerprint density at radius 3 is 2.53 bits per heavy atom. The molecular weight excluding hydrogens is 240 g/mol. The van der Waals surface area contributed by atoms with Crippen LogP contribution in [0, 0.1) is 0 Å². The van der Waals surface area contributed by atoms with Crippen molar-refractivity contribution in [2.24, 2.45) is 0 Å². The first-order valence-electron chi connectivity index (χ1n) is 6.68. The maximum Gasteiger partial charge on any atom is 0.254 e. The molecule has 4 heteroatoms. The van der Waals surface area contributed by atoms with Gasteiger partial charge >= 0.3 is 0 Å². The van der Waals surface area contributed by atoms with Gasteiger partial charge in [-0.3, -0.25) is 9.59 Å². The number of likely N-dealkylation sites (N-methyl/N-ethyl adjacent to an activating group) is 1. The van der Waals surface area contributed by atoms with Crippen LogP contribution in [0.25, 0.3) is 0 Å². The number of carbonyl (C=O) groups excluding carboxylic acids is 2. The molecule has 0 bridgehead atoms. The van der Waals surface area contributed by atoms with Gasteiger partial charge in [0.1, 0.15) is 6.04 Å². The Balaban J connectivity index is 2.52. The van der Waals surface area contributed by atoms with Gasteiger partial charge in [-0.15, -0.1) is 0 Å². The summed E-state index contributed by atoms with van der Waals surface area (Å²) in [4.78, 5) is 27.9. The number of hydrogen-bond acceptors (Lipinski definition) is 2. The van der Waals surface area contributed by atoms with Crippen molar-refractivity contribution in [2.75, 3.05) is 11.4 Å². The summed E-state index contributed by atoms with van der Waals surface area (Å²) in [6.07, 6.45) is 0. The standard InChI is InChI=1S/C15H20N2O2/c1-5-16-13-9-7-6-8-12(13)14(15(16)19)17(10(2)3)11(4)18/h6-10,14H,5H2,1-4H3. The number of carbonyl (C=O) groups is 2. The van der Waals surface area contributed by atoms with Crippen LogP contribution < -0.4 is 4.90 Å². The van der Waals surface area contributed by atoms with Crippen molar-refractivity contribution in [3.63, 3.8) is 0 Å². The summed E-state index contributed by atoms with van der Waals surface area (Å²) >= 11 is 0. The second kappa shape index (κ2) is 5.03. The number of nitrogens with zero attached hydrogens (tertiary/aromatic N) is 2. The number of para-hydroxylation sites is 1. The van der Waals surface area contributed by atoms with Crippen LogP contribution in [0.4, 0.5) is 5.69 Å². The summed E-state index contributed by atoms with van der Waals surface area (Å²) < 4.78 is 0. The predicted molar refractivity (Wildman–Crippen MR) is 74.9 cm³/mol. The fourth-order valence-corrected chi connectivity index (χ4v) is 2.80. The van der Waals surface area contributed by atoms with Gasteiger partial charge in [-0.05, 0) is 26.8 Å². The van der Waals surface area contributed by atoms with Crippen LogP contribution in [0.2, 0.25) is 0 Å². The van der Waals surface area contributed by atoms with Gasteiger partial charge in [0.15, 0.2) is 0 Å². The van der Waals surface area contributed by atoms with Crippen molar-refractivity contribution in [1.82, 2.24) is 4.90 Å². The summed E-state index contributed by atoms with van der Waals surface area (Å²) in [6.45, 7) is 7.96. The van der Waals surface area contributed by atoms with Gasteiger partial charge in [-0.2, -0.15) is 0 Å². The summed E-state index contributed by atoms with van der Waals surface area (Å²) in [5.41, 5.74) is 1.85. The summed E-state index contributed by atoms with van der Waals surface area (Å²) in [6, 6.07) is 7.23. The third-order valence-electron chi connectivity index (χ3n) is 3.54. The zero-order chi connectivity index (χ0) is 14.2. The minimum absolute atomic E-state index is 0.00341. The van der Waals surface area contributed by atoms with Crippen molar-refractivity contribution in [3.8, 4) is 0 Å². The van der Waals surface area contributed by atoms with E-state index in [-0.39, 0.29) is 17.9 Å². The van der Waals surface area contributed by atoms with Crippen molar-refractivity contribution in [1.29, 1.82) is 0 Å². The molecule has 1 aromatic rings. The first-order chi connectivity index (χ1) is 8.99. The number of hydrogen-bond donors (Lipinski definition) is 0. The Morgan fingerprint density at radius 2 is 2.00 bits per heavy atom. The molecule has 2 rings (SSSR count). The fourth-order valence-electron chi connectivity index (χ4n) is 2.80. The molecule has 1 unspecified atom stereocenters. The van der Waals surface area contributed by atoms with Gasteiger partial charge in [-0.1, -0.05) is 18.2 Å². The third-order valence-corrected chi connectivity index (χ3v) is 3.54. The maximum absolute atomic E-state index is 12.6. The average molecular weight is 260 g/mol. The lowest BCUT2D eigenvalue weighted by atomic mass is 10.1. The van der Waals surface area contributed by atoms with Crippen LogP contribution in [0.1, 0.15) is 39.3 Å². The van der Waals surface area contributed by atoms with E-state index in [1.165, 1.54) is 6.92 Å². The molecule has 102 valence electrons. The normalized spacial score (nSPS) is 17.8.